The third-order valence-electron chi connectivity index (χ3n) is 6.57. The molecule has 0 saturated heterocycles. The van der Waals surface area contributed by atoms with Crippen LogP contribution >= 0.6 is 0 Å². The molecule has 0 amide bonds. The monoisotopic (exact) mass is 647 g/mol. The summed E-state index contributed by atoms with van der Waals surface area (Å²) >= 11 is 0. The summed E-state index contributed by atoms with van der Waals surface area (Å²) in [6.45, 7) is -1.93. The van der Waals surface area contributed by atoms with Gasteiger partial charge in [0.1, 0.15) is 23.9 Å². The van der Waals surface area contributed by atoms with E-state index in [1.807, 2.05) is 0 Å². The summed E-state index contributed by atoms with van der Waals surface area (Å²) in [5.74, 6) is -1.51. The van der Waals surface area contributed by atoms with Gasteiger partial charge >= 0.3 is 18.7 Å². The molecule has 1 atom stereocenters. The summed E-state index contributed by atoms with van der Waals surface area (Å²) in [4.78, 5) is 1.10. The highest BCUT2D eigenvalue weighted by Crippen LogP contribution is 2.40. The van der Waals surface area contributed by atoms with Crippen molar-refractivity contribution in [2.24, 2.45) is 0 Å². The first-order valence-corrected chi connectivity index (χ1v) is 13.0. The lowest BCUT2D eigenvalue weighted by Gasteiger charge is -2.35. The average Bonchev–Trinajstić information content (AvgIpc) is 2.95. The van der Waals surface area contributed by atoms with Gasteiger partial charge in [0.15, 0.2) is 0 Å². The van der Waals surface area contributed by atoms with E-state index in [1.165, 1.54) is 42.5 Å². The van der Waals surface area contributed by atoms with Gasteiger partial charge in [0.2, 0.25) is 0 Å². The maximum atomic E-state index is 14.9. The van der Waals surface area contributed by atoms with Crippen molar-refractivity contribution in [1.29, 1.82) is 0 Å². The van der Waals surface area contributed by atoms with E-state index >= 15 is 0 Å². The van der Waals surface area contributed by atoms with E-state index < -0.39 is 71.7 Å². The smallest absolute Gasteiger partial charge is 0.489 e. The maximum Gasteiger partial charge on any atom is 0.573 e. The molecular formula is C31H23F10NO3. The van der Waals surface area contributed by atoms with Gasteiger partial charge in [-0.1, -0.05) is 36.4 Å². The Morgan fingerprint density at radius 3 is 2.07 bits per heavy atom. The molecule has 1 N–H and O–H groups in total. The van der Waals surface area contributed by atoms with Crippen LogP contribution in [0.3, 0.4) is 0 Å². The predicted octanol–water partition coefficient (Wildman–Crippen LogP) is 9.08. The molecule has 0 aromatic heterocycles. The lowest BCUT2D eigenvalue weighted by atomic mass is 9.97. The van der Waals surface area contributed by atoms with Crippen molar-refractivity contribution < 1.29 is 58.5 Å². The van der Waals surface area contributed by atoms with Crippen molar-refractivity contribution in [2.45, 2.75) is 37.9 Å². The summed E-state index contributed by atoms with van der Waals surface area (Å²) in [6.07, 6.45) is -14.6. The van der Waals surface area contributed by atoms with Crippen LogP contribution < -0.4 is 14.4 Å². The first kappa shape index (κ1) is 33.4. The Bertz CT molecular complexity index is 1600. The van der Waals surface area contributed by atoms with Crippen LogP contribution in [0.15, 0.2) is 91.0 Å². The fourth-order valence-electron chi connectivity index (χ4n) is 4.60. The number of ether oxygens (including phenoxy) is 2. The first-order valence-electron chi connectivity index (χ1n) is 13.0. The Morgan fingerprint density at radius 2 is 1.40 bits per heavy atom. The topological polar surface area (TPSA) is 41.9 Å². The van der Waals surface area contributed by atoms with Crippen LogP contribution in [0, 0.1) is 5.82 Å². The highest BCUT2D eigenvalue weighted by atomic mass is 19.4. The molecule has 1 unspecified atom stereocenters. The van der Waals surface area contributed by atoms with Gasteiger partial charge in [0.25, 0.3) is 0 Å². The van der Waals surface area contributed by atoms with Gasteiger partial charge in [-0.25, -0.2) is 4.39 Å². The summed E-state index contributed by atoms with van der Waals surface area (Å²) in [5.41, 5.74) is -2.95. The second kappa shape index (κ2) is 13.3. The number of aliphatic hydroxyl groups is 1. The molecule has 0 aliphatic heterocycles. The zero-order valence-electron chi connectivity index (χ0n) is 22.8. The van der Waals surface area contributed by atoms with Crippen molar-refractivity contribution in [2.75, 3.05) is 11.5 Å². The summed E-state index contributed by atoms with van der Waals surface area (Å²) in [5, 5.41) is 10.4. The van der Waals surface area contributed by atoms with Gasteiger partial charge in [-0.3, -0.25) is 0 Å². The Labute approximate surface area is 250 Å². The average molecular weight is 648 g/mol. The molecule has 4 nitrogen and oxygen atoms in total. The summed E-state index contributed by atoms with van der Waals surface area (Å²) in [6, 6.07) is 14.8. The number of hydrogen-bond acceptors (Lipinski definition) is 4. The number of nitrogens with zero attached hydrogens (tertiary/aromatic N) is 1. The minimum atomic E-state index is -4.93. The van der Waals surface area contributed by atoms with E-state index in [1.54, 1.807) is 0 Å². The molecule has 0 saturated carbocycles. The number of hydrogen-bond donors (Lipinski definition) is 1. The number of rotatable bonds is 10. The third kappa shape index (κ3) is 8.81. The molecule has 0 heterocycles. The molecule has 4 rings (SSSR count). The van der Waals surface area contributed by atoms with Crippen molar-refractivity contribution in [1.82, 2.24) is 0 Å². The minimum absolute atomic E-state index is 0.0366. The van der Waals surface area contributed by atoms with Gasteiger partial charge in [0.05, 0.1) is 23.8 Å². The van der Waals surface area contributed by atoms with Crippen molar-refractivity contribution >= 4 is 5.69 Å². The van der Waals surface area contributed by atoms with Gasteiger partial charge in [-0.05, 0) is 59.7 Å². The molecule has 14 heteroatoms. The Kier molecular flexibility index (Phi) is 9.86. The number of halogens is 10. The van der Waals surface area contributed by atoms with E-state index in [0.29, 0.717) is 18.2 Å². The number of benzene rings is 4. The van der Waals surface area contributed by atoms with E-state index in [0.717, 1.165) is 35.2 Å². The zero-order chi connectivity index (χ0) is 33.0. The highest BCUT2D eigenvalue weighted by molar-refractivity contribution is 5.54. The standard InChI is InChI=1S/C31H23F10NO3/c32-27-12-11-21(29(33,34)35)14-20(27)16-42(28(17-43)25-9-1-2-10-26(25)30(36,37)38)22-6-4-7-23(15-22)44-18-19-5-3-8-24(13-19)45-31(39,40)41/h1-15,28,43H,16-18H2. The van der Waals surface area contributed by atoms with Crippen molar-refractivity contribution in [3.05, 3.63) is 125 Å². The van der Waals surface area contributed by atoms with Crippen LogP contribution in [-0.4, -0.2) is 18.1 Å². The molecule has 0 aliphatic carbocycles. The Balaban J connectivity index is 1.73. The molecule has 240 valence electrons. The lowest BCUT2D eigenvalue weighted by molar-refractivity contribution is -0.274. The second-order valence-corrected chi connectivity index (χ2v) is 9.70. The van der Waals surface area contributed by atoms with Gasteiger partial charge in [0, 0.05) is 23.9 Å². The Morgan fingerprint density at radius 1 is 0.711 bits per heavy atom. The largest absolute Gasteiger partial charge is 0.573 e. The summed E-state index contributed by atoms with van der Waals surface area (Å²) in [7, 11) is 0. The van der Waals surface area contributed by atoms with E-state index in [9.17, 15) is 49.0 Å². The van der Waals surface area contributed by atoms with Crippen molar-refractivity contribution in [3.8, 4) is 11.5 Å². The summed E-state index contributed by atoms with van der Waals surface area (Å²) < 4.78 is 144. The molecule has 4 aromatic rings. The van der Waals surface area contributed by atoms with E-state index in [4.69, 9.17) is 4.74 Å². The van der Waals surface area contributed by atoms with E-state index in [2.05, 4.69) is 4.74 Å². The highest BCUT2D eigenvalue weighted by Gasteiger charge is 2.37. The van der Waals surface area contributed by atoms with Crippen LogP contribution in [-0.2, 0) is 25.5 Å². The van der Waals surface area contributed by atoms with E-state index in [-0.39, 0.29) is 23.6 Å². The van der Waals surface area contributed by atoms with Gasteiger partial charge in [-0.2, -0.15) is 26.3 Å². The maximum absolute atomic E-state index is 14.9. The fourth-order valence-corrected chi connectivity index (χ4v) is 4.60. The number of alkyl halides is 9. The molecule has 0 radical (unpaired) electrons. The van der Waals surface area contributed by atoms with Crippen molar-refractivity contribution in [3.63, 3.8) is 0 Å². The fraction of sp³-hybridized carbons (Fsp3) is 0.226. The second-order valence-electron chi connectivity index (χ2n) is 9.70. The van der Waals surface area contributed by atoms with Crippen LogP contribution in [0.25, 0.3) is 0 Å². The molecule has 4 aromatic carbocycles. The molecular weight excluding hydrogens is 624 g/mol. The van der Waals surface area contributed by atoms with Crippen LogP contribution in [0.4, 0.5) is 49.6 Å². The lowest BCUT2D eigenvalue weighted by Crippen LogP contribution is -2.33. The molecule has 0 bridgehead atoms. The number of anilines is 1. The molecule has 0 aliphatic rings. The zero-order valence-corrected chi connectivity index (χ0v) is 22.8. The van der Waals surface area contributed by atoms with Crippen LogP contribution in [0.5, 0.6) is 11.5 Å². The normalized spacial score (nSPS) is 13.0. The third-order valence-corrected chi connectivity index (χ3v) is 6.57. The molecule has 0 spiro atoms. The molecule has 45 heavy (non-hydrogen) atoms. The number of aliphatic hydroxyl groups excluding tert-OH is 1. The molecule has 0 fully saturated rings. The quantitative estimate of drug-likeness (QED) is 0.175. The minimum Gasteiger partial charge on any atom is -0.489 e. The van der Waals surface area contributed by atoms with Crippen LogP contribution in [0.2, 0.25) is 0 Å². The first-order chi connectivity index (χ1) is 21.0. The van der Waals surface area contributed by atoms with Crippen LogP contribution in [0.1, 0.15) is 33.9 Å². The SMILES string of the molecule is OCC(c1ccccc1C(F)(F)F)N(Cc1cc(C(F)(F)F)ccc1F)c1cccc(OCc2cccc(OC(F)(F)F)c2)c1. The van der Waals surface area contributed by atoms with Gasteiger partial charge in [-0.15, -0.1) is 13.2 Å². The van der Waals surface area contributed by atoms with Gasteiger partial charge < -0.3 is 19.5 Å². The Hall–Kier alpha value is -4.46. The predicted molar refractivity (Wildman–Crippen MR) is 143 cm³/mol.